The lowest BCUT2D eigenvalue weighted by Crippen LogP contribution is -2.00. The summed E-state index contributed by atoms with van der Waals surface area (Å²) in [5.41, 5.74) is 4.19. The van der Waals surface area contributed by atoms with E-state index in [0.29, 0.717) is 5.56 Å². The van der Waals surface area contributed by atoms with Gasteiger partial charge in [0.1, 0.15) is 4.90 Å². The first kappa shape index (κ1) is 10.5. The molecule has 4 rings (SSSR count). The Morgan fingerprint density at radius 3 is 2.29 bits per heavy atom. The van der Waals surface area contributed by atoms with E-state index < -0.39 is 10.1 Å². The van der Waals surface area contributed by atoms with Crippen LogP contribution in [-0.2, 0) is 10.1 Å². The first-order valence-electron chi connectivity index (χ1n) is 5.20. The molecule has 0 unspecified atom stereocenters. The molecule has 86 valence electrons. The zero-order valence-electron chi connectivity index (χ0n) is 9.14. The highest BCUT2D eigenvalue weighted by atomic mass is 32.2. The quantitative estimate of drug-likeness (QED) is 0.672. The molecule has 2 aromatic carbocycles. The predicted octanol–water partition coefficient (Wildman–Crippen LogP) is 2.89. The minimum Gasteiger partial charge on any atom is -0.282 e. The smallest absolute Gasteiger partial charge is 0.282 e. The van der Waals surface area contributed by atoms with Crippen molar-refractivity contribution in [2.45, 2.75) is 11.8 Å². The van der Waals surface area contributed by atoms with Gasteiger partial charge in [0.25, 0.3) is 10.1 Å². The van der Waals surface area contributed by atoms with Gasteiger partial charge in [0.05, 0.1) is 0 Å². The third-order valence-corrected chi connectivity index (χ3v) is 4.01. The van der Waals surface area contributed by atoms with Crippen molar-refractivity contribution >= 4 is 10.1 Å². The highest BCUT2D eigenvalue weighted by Gasteiger charge is 2.22. The summed E-state index contributed by atoms with van der Waals surface area (Å²) >= 11 is 0. The number of hydrogen-bond donors (Lipinski definition) is 1. The van der Waals surface area contributed by atoms with Gasteiger partial charge < -0.3 is 0 Å². The Morgan fingerprint density at radius 1 is 0.941 bits per heavy atom. The molecule has 0 atom stereocenters. The van der Waals surface area contributed by atoms with Crippen molar-refractivity contribution in [2.24, 2.45) is 0 Å². The van der Waals surface area contributed by atoms with Crippen LogP contribution in [0.15, 0.2) is 41.3 Å². The maximum absolute atomic E-state index is 11.4. The zero-order valence-corrected chi connectivity index (χ0v) is 9.95. The van der Waals surface area contributed by atoms with Crippen LogP contribution in [0.3, 0.4) is 0 Å². The summed E-state index contributed by atoms with van der Waals surface area (Å²) < 4.78 is 32.0. The zero-order chi connectivity index (χ0) is 12.2. The van der Waals surface area contributed by atoms with Crippen molar-refractivity contribution in [3.63, 3.8) is 0 Å². The Balaban J connectivity index is 2.49. The van der Waals surface area contributed by atoms with E-state index in [0.717, 1.165) is 22.3 Å². The third-order valence-electron chi connectivity index (χ3n) is 3.12. The second-order valence-corrected chi connectivity index (χ2v) is 5.61. The molecule has 17 heavy (non-hydrogen) atoms. The van der Waals surface area contributed by atoms with Crippen LogP contribution in [0.25, 0.3) is 22.3 Å². The Morgan fingerprint density at radius 2 is 1.59 bits per heavy atom. The molecule has 4 heteroatoms. The van der Waals surface area contributed by atoms with E-state index in [1.807, 2.05) is 31.2 Å². The lowest BCUT2D eigenvalue weighted by atomic mass is 10.0. The van der Waals surface area contributed by atoms with Crippen molar-refractivity contribution < 1.29 is 13.0 Å². The maximum Gasteiger partial charge on any atom is 0.295 e. The molecule has 0 radical (unpaired) electrons. The van der Waals surface area contributed by atoms with Gasteiger partial charge >= 0.3 is 0 Å². The van der Waals surface area contributed by atoms with Crippen molar-refractivity contribution in [3.8, 4) is 22.3 Å². The van der Waals surface area contributed by atoms with Crippen LogP contribution in [0.4, 0.5) is 0 Å². The largest absolute Gasteiger partial charge is 0.295 e. The third kappa shape index (κ3) is 1.49. The average molecular weight is 246 g/mol. The van der Waals surface area contributed by atoms with Crippen LogP contribution in [0.5, 0.6) is 0 Å². The number of rotatable bonds is 1. The molecular formula is C13H10O3S. The van der Waals surface area contributed by atoms with Crippen molar-refractivity contribution in [2.75, 3.05) is 0 Å². The second-order valence-electron chi connectivity index (χ2n) is 4.22. The molecule has 0 amide bonds. The molecule has 2 aliphatic carbocycles. The van der Waals surface area contributed by atoms with E-state index in [1.54, 1.807) is 6.07 Å². The Bertz CT molecular complexity index is 730. The lowest BCUT2D eigenvalue weighted by Gasteiger charge is -2.06. The number of aryl methyl sites for hydroxylation is 1. The summed E-state index contributed by atoms with van der Waals surface area (Å²) in [6, 6.07) is 11.0. The summed E-state index contributed by atoms with van der Waals surface area (Å²) in [6.07, 6.45) is 0. The minimum atomic E-state index is -4.19. The molecule has 4 bridgehead atoms. The summed E-state index contributed by atoms with van der Waals surface area (Å²) in [7, 11) is -4.19. The van der Waals surface area contributed by atoms with Crippen LogP contribution >= 0.6 is 0 Å². The molecule has 1 N–H and O–H groups in total. The van der Waals surface area contributed by atoms with Crippen LogP contribution < -0.4 is 0 Å². The van der Waals surface area contributed by atoms with Gasteiger partial charge in [-0.1, -0.05) is 24.3 Å². The number of benzene rings is 2. The minimum absolute atomic E-state index is 0.0145. The van der Waals surface area contributed by atoms with Gasteiger partial charge in [-0.15, -0.1) is 0 Å². The van der Waals surface area contributed by atoms with Crippen LogP contribution in [0.2, 0.25) is 0 Å². The van der Waals surface area contributed by atoms with Gasteiger partial charge in [-0.2, -0.15) is 8.42 Å². The summed E-state index contributed by atoms with van der Waals surface area (Å²) in [5.74, 6) is 0. The highest BCUT2D eigenvalue weighted by molar-refractivity contribution is 7.86. The van der Waals surface area contributed by atoms with Crippen LogP contribution in [0.1, 0.15) is 5.56 Å². The van der Waals surface area contributed by atoms with E-state index >= 15 is 0 Å². The number of hydrogen-bond acceptors (Lipinski definition) is 2. The fraction of sp³-hybridized carbons (Fsp3) is 0.0769. The van der Waals surface area contributed by atoms with Gasteiger partial charge in [-0.25, -0.2) is 0 Å². The molecule has 0 heterocycles. The summed E-state index contributed by atoms with van der Waals surface area (Å²) in [5, 5.41) is 0. The predicted molar refractivity (Wildman–Crippen MR) is 65.4 cm³/mol. The monoisotopic (exact) mass is 246 g/mol. The Labute approximate surface area is 99.5 Å². The first-order chi connectivity index (χ1) is 7.97. The highest BCUT2D eigenvalue weighted by Crippen LogP contribution is 2.39. The van der Waals surface area contributed by atoms with Crippen molar-refractivity contribution in [1.29, 1.82) is 0 Å². The average Bonchev–Trinajstić information content (AvgIpc) is 2.49. The fourth-order valence-corrected chi connectivity index (χ4v) is 2.96. The van der Waals surface area contributed by atoms with Crippen molar-refractivity contribution in [3.05, 3.63) is 42.0 Å². The van der Waals surface area contributed by atoms with E-state index in [4.69, 9.17) is 0 Å². The number of fused-ring (bicyclic) bond motifs is 2. The summed E-state index contributed by atoms with van der Waals surface area (Å²) in [6.45, 7) is 1.92. The normalized spacial score (nSPS) is 12.6. The molecule has 0 aliphatic heterocycles. The first-order valence-corrected chi connectivity index (χ1v) is 6.64. The van der Waals surface area contributed by atoms with Gasteiger partial charge in [0, 0.05) is 5.56 Å². The molecule has 3 nitrogen and oxygen atoms in total. The standard InChI is InChI=1S/C13H10O3S/c1-8-2-3-9-6-12(8)11-5-4-10(9)7-13(11)17(14,15)16/h2-7H,1H3,(H,14,15,16). The van der Waals surface area contributed by atoms with E-state index in [9.17, 15) is 13.0 Å². The Kier molecular flexibility index (Phi) is 1.97. The SMILES string of the molecule is Cc1ccc2cc1-c1ccc-2cc1S(=O)(=O)O. The second kappa shape index (κ2) is 3.18. The Hall–Kier alpha value is -1.65. The molecule has 0 spiro atoms. The molecule has 2 aromatic rings. The molecule has 0 fully saturated rings. The van der Waals surface area contributed by atoms with Gasteiger partial charge in [0.15, 0.2) is 0 Å². The molecule has 0 saturated heterocycles. The van der Waals surface area contributed by atoms with E-state index in [2.05, 4.69) is 0 Å². The van der Waals surface area contributed by atoms with Crippen molar-refractivity contribution in [1.82, 2.24) is 0 Å². The topological polar surface area (TPSA) is 54.4 Å². The fourth-order valence-electron chi connectivity index (χ4n) is 2.23. The molecule has 2 aliphatic rings. The van der Waals surface area contributed by atoms with Gasteiger partial charge in [-0.3, -0.25) is 4.55 Å². The van der Waals surface area contributed by atoms with Crippen LogP contribution in [-0.4, -0.2) is 13.0 Å². The summed E-state index contributed by atoms with van der Waals surface area (Å²) in [4.78, 5) is -0.0145. The maximum atomic E-state index is 11.4. The van der Waals surface area contributed by atoms with E-state index in [1.165, 1.54) is 6.07 Å². The van der Waals surface area contributed by atoms with Crippen LogP contribution in [0, 0.1) is 6.92 Å². The lowest BCUT2D eigenvalue weighted by molar-refractivity contribution is 0.483. The molecule has 0 aromatic heterocycles. The van der Waals surface area contributed by atoms with E-state index in [-0.39, 0.29) is 4.90 Å². The van der Waals surface area contributed by atoms with Gasteiger partial charge in [-0.05, 0) is 41.3 Å². The van der Waals surface area contributed by atoms with Gasteiger partial charge in [0.2, 0.25) is 0 Å². The molecular weight excluding hydrogens is 236 g/mol. The molecule has 0 saturated carbocycles.